The normalized spacial score (nSPS) is 25.7. The fraction of sp³-hybridized carbons (Fsp3) is 0.538. The maximum Gasteiger partial charge on any atom is 0.163 e. The number of halogens is 2. The van der Waals surface area contributed by atoms with E-state index in [9.17, 15) is 19.0 Å². The molecule has 106 valence electrons. The summed E-state index contributed by atoms with van der Waals surface area (Å²) in [7, 11) is 0. The molecule has 2 rings (SSSR count). The van der Waals surface area contributed by atoms with Crippen LogP contribution in [0.3, 0.4) is 0 Å². The van der Waals surface area contributed by atoms with Crippen LogP contribution in [0.2, 0.25) is 0 Å². The first kappa shape index (κ1) is 14.3. The molecule has 4 N–H and O–H groups in total. The van der Waals surface area contributed by atoms with E-state index in [1.165, 1.54) is 12.1 Å². The van der Waals surface area contributed by atoms with Crippen molar-refractivity contribution >= 4 is 0 Å². The molecule has 3 atom stereocenters. The van der Waals surface area contributed by atoms with E-state index in [2.05, 4.69) is 0 Å². The number of nitrogens with two attached hydrogens (primary N) is 1. The number of hydrogen-bond donors (Lipinski definition) is 3. The lowest BCUT2D eigenvalue weighted by molar-refractivity contribution is 0.0572. The van der Waals surface area contributed by atoms with Gasteiger partial charge in [0.25, 0.3) is 0 Å². The summed E-state index contributed by atoms with van der Waals surface area (Å²) in [5.41, 5.74) is 6.01. The van der Waals surface area contributed by atoms with E-state index in [0.29, 0.717) is 26.1 Å². The molecule has 1 aromatic carbocycles. The van der Waals surface area contributed by atoms with E-state index < -0.39 is 29.9 Å². The molecule has 1 aliphatic rings. The fourth-order valence-corrected chi connectivity index (χ4v) is 2.31. The summed E-state index contributed by atoms with van der Waals surface area (Å²) in [6.07, 6.45) is -1.07. The van der Waals surface area contributed by atoms with Crippen LogP contribution in [0, 0.1) is 11.6 Å². The third kappa shape index (κ3) is 3.27. The van der Waals surface area contributed by atoms with Crippen LogP contribution in [-0.2, 0) is 0 Å². The van der Waals surface area contributed by atoms with Crippen molar-refractivity contribution in [1.82, 2.24) is 4.90 Å². The Bertz CT molecular complexity index is 435. The molecule has 0 saturated carbocycles. The highest BCUT2D eigenvalue weighted by Crippen LogP contribution is 2.21. The maximum absolute atomic E-state index is 13.5. The molecule has 0 spiro atoms. The first-order chi connectivity index (χ1) is 8.99. The van der Waals surface area contributed by atoms with Crippen LogP contribution >= 0.6 is 0 Å². The Morgan fingerprint density at radius 1 is 1.26 bits per heavy atom. The molecule has 0 radical (unpaired) electrons. The standard InChI is InChI=1S/C13H18F2N2O2/c14-9-3-1-2-8(13(9)15)10(16)4-5-17-6-11(18)12(19)7-17/h1-3,10-12,18-19H,4-7,16H2. The van der Waals surface area contributed by atoms with Gasteiger partial charge in [0, 0.05) is 31.2 Å². The number of likely N-dealkylation sites (tertiary alicyclic amines) is 1. The lowest BCUT2D eigenvalue weighted by atomic mass is 10.0. The Hall–Kier alpha value is -1.08. The molecule has 0 aliphatic carbocycles. The SMILES string of the molecule is NC(CCN1CC(O)C(O)C1)c1cccc(F)c1F. The van der Waals surface area contributed by atoms with Crippen molar-refractivity contribution in [3.63, 3.8) is 0 Å². The Labute approximate surface area is 110 Å². The summed E-state index contributed by atoms with van der Waals surface area (Å²) in [5, 5.41) is 18.8. The number of aliphatic hydroxyl groups excluding tert-OH is 2. The summed E-state index contributed by atoms with van der Waals surface area (Å²) < 4.78 is 26.6. The van der Waals surface area contributed by atoms with Crippen LogP contribution in [-0.4, -0.2) is 47.0 Å². The molecular formula is C13H18F2N2O2. The van der Waals surface area contributed by atoms with Gasteiger partial charge < -0.3 is 15.9 Å². The molecule has 0 amide bonds. The van der Waals surface area contributed by atoms with Crippen molar-refractivity contribution in [3.8, 4) is 0 Å². The Morgan fingerprint density at radius 2 is 1.89 bits per heavy atom. The van der Waals surface area contributed by atoms with Gasteiger partial charge >= 0.3 is 0 Å². The molecular weight excluding hydrogens is 254 g/mol. The summed E-state index contributed by atoms with van der Waals surface area (Å²) in [6.45, 7) is 1.27. The number of nitrogens with zero attached hydrogens (tertiary/aromatic N) is 1. The van der Waals surface area contributed by atoms with E-state index in [0.717, 1.165) is 6.07 Å². The molecule has 1 saturated heterocycles. The first-order valence-electron chi connectivity index (χ1n) is 6.27. The first-order valence-corrected chi connectivity index (χ1v) is 6.27. The zero-order valence-corrected chi connectivity index (χ0v) is 10.5. The van der Waals surface area contributed by atoms with E-state index in [-0.39, 0.29) is 5.56 Å². The second kappa shape index (κ2) is 5.92. The van der Waals surface area contributed by atoms with Gasteiger partial charge in [-0.3, -0.25) is 4.90 Å². The van der Waals surface area contributed by atoms with Gasteiger partial charge in [0.15, 0.2) is 11.6 Å². The van der Waals surface area contributed by atoms with E-state index >= 15 is 0 Å². The van der Waals surface area contributed by atoms with E-state index in [1.54, 1.807) is 0 Å². The van der Waals surface area contributed by atoms with Crippen LogP contribution in [0.1, 0.15) is 18.0 Å². The van der Waals surface area contributed by atoms with Crippen molar-refractivity contribution < 1.29 is 19.0 Å². The lowest BCUT2D eigenvalue weighted by Crippen LogP contribution is -2.26. The van der Waals surface area contributed by atoms with Crippen LogP contribution in [0.4, 0.5) is 8.78 Å². The Kier molecular flexibility index (Phi) is 4.46. The molecule has 3 unspecified atom stereocenters. The van der Waals surface area contributed by atoms with E-state index in [4.69, 9.17) is 5.73 Å². The molecule has 6 heteroatoms. The van der Waals surface area contributed by atoms with Gasteiger partial charge in [-0.2, -0.15) is 0 Å². The average molecular weight is 272 g/mol. The molecule has 1 fully saturated rings. The summed E-state index contributed by atoms with van der Waals surface area (Å²) >= 11 is 0. The summed E-state index contributed by atoms with van der Waals surface area (Å²) in [6, 6.07) is 3.34. The minimum absolute atomic E-state index is 0.153. The monoisotopic (exact) mass is 272 g/mol. The lowest BCUT2D eigenvalue weighted by Gasteiger charge is -2.18. The minimum atomic E-state index is -0.906. The molecule has 0 bridgehead atoms. The second-order valence-electron chi connectivity index (χ2n) is 4.93. The quantitative estimate of drug-likeness (QED) is 0.742. The van der Waals surface area contributed by atoms with Crippen LogP contribution in [0.25, 0.3) is 0 Å². The maximum atomic E-state index is 13.5. The van der Waals surface area contributed by atoms with Crippen molar-refractivity contribution in [2.24, 2.45) is 5.73 Å². The van der Waals surface area contributed by atoms with Crippen molar-refractivity contribution in [3.05, 3.63) is 35.4 Å². The molecule has 1 heterocycles. The minimum Gasteiger partial charge on any atom is -0.389 e. The molecule has 1 aromatic rings. The highest BCUT2D eigenvalue weighted by Gasteiger charge is 2.29. The molecule has 1 aliphatic heterocycles. The van der Waals surface area contributed by atoms with Gasteiger partial charge in [-0.1, -0.05) is 12.1 Å². The molecule has 4 nitrogen and oxygen atoms in total. The van der Waals surface area contributed by atoms with Crippen molar-refractivity contribution in [1.29, 1.82) is 0 Å². The van der Waals surface area contributed by atoms with Gasteiger partial charge in [0.1, 0.15) is 0 Å². The van der Waals surface area contributed by atoms with Crippen molar-refractivity contribution in [2.75, 3.05) is 19.6 Å². The predicted octanol–water partition coefficient (Wildman–Crippen LogP) is 0.392. The topological polar surface area (TPSA) is 69.7 Å². The Morgan fingerprint density at radius 3 is 2.53 bits per heavy atom. The number of hydrogen-bond acceptors (Lipinski definition) is 4. The number of benzene rings is 1. The average Bonchev–Trinajstić information content (AvgIpc) is 2.69. The molecule has 19 heavy (non-hydrogen) atoms. The van der Waals surface area contributed by atoms with Gasteiger partial charge in [-0.05, 0) is 12.5 Å². The van der Waals surface area contributed by atoms with Crippen molar-refractivity contribution in [2.45, 2.75) is 24.7 Å². The summed E-state index contributed by atoms with van der Waals surface area (Å²) in [4.78, 5) is 1.85. The van der Waals surface area contributed by atoms with Crippen LogP contribution in [0.15, 0.2) is 18.2 Å². The Balaban J connectivity index is 1.91. The van der Waals surface area contributed by atoms with Gasteiger partial charge in [0.05, 0.1) is 12.2 Å². The number of rotatable bonds is 4. The molecule has 0 aromatic heterocycles. The zero-order valence-electron chi connectivity index (χ0n) is 10.5. The van der Waals surface area contributed by atoms with Gasteiger partial charge in [-0.15, -0.1) is 0 Å². The zero-order chi connectivity index (χ0) is 14.0. The highest BCUT2D eigenvalue weighted by atomic mass is 19.2. The van der Waals surface area contributed by atoms with E-state index in [1.807, 2.05) is 4.90 Å². The smallest absolute Gasteiger partial charge is 0.163 e. The van der Waals surface area contributed by atoms with Gasteiger partial charge in [-0.25, -0.2) is 8.78 Å². The fourth-order valence-electron chi connectivity index (χ4n) is 2.31. The van der Waals surface area contributed by atoms with Crippen LogP contribution in [0.5, 0.6) is 0 Å². The third-order valence-corrected chi connectivity index (χ3v) is 3.47. The third-order valence-electron chi connectivity index (χ3n) is 3.47. The van der Waals surface area contributed by atoms with Crippen LogP contribution < -0.4 is 5.73 Å². The second-order valence-corrected chi connectivity index (χ2v) is 4.93. The summed E-state index contributed by atoms with van der Waals surface area (Å²) in [5.74, 6) is -1.81. The number of aliphatic hydroxyl groups is 2. The highest BCUT2D eigenvalue weighted by molar-refractivity contribution is 5.22. The number of β-amino-alcohol motifs (C(OH)–C–C–N with tert-alkyl or cyclic N) is 2. The largest absolute Gasteiger partial charge is 0.389 e. The van der Waals surface area contributed by atoms with Gasteiger partial charge in [0.2, 0.25) is 0 Å². The predicted molar refractivity (Wildman–Crippen MR) is 66.4 cm³/mol.